The number of hydrogen-bond acceptors (Lipinski definition) is 4. The molecule has 5 nitrogen and oxygen atoms in total. The van der Waals surface area contributed by atoms with Gasteiger partial charge in [-0.05, 0) is 42.2 Å². The van der Waals surface area contributed by atoms with E-state index in [4.69, 9.17) is 4.74 Å². The number of hydrogen-bond donors (Lipinski definition) is 1. The van der Waals surface area contributed by atoms with E-state index in [1.807, 2.05) is 35.2 Å². The number of alkyl halides is 3. The molecule has 0 saturated heterocycles. The number of aryl methyl sites for hydroxylation is 1. The summed E-state index contributed by atoms with van der Waals surface area (Å²) in [5.74, 6) is -0.748. The number of amides is 1. The average Bonchev–Trinajstić information content (AvgIpc) is 2.84. The van der Waals surface area contributed by atoms with Crippen molar-refractivity contribution < 1.29 is 27.1 Å². The maximum absolute atomic E-state index is 14.1. The highest BCUT2D eigenvalue weighted by Crippen LogP contribution is 2.32. The first-order valence-corrected chi connectivity index (χ1v) is 10.6. The Hall–Kier alpha value is -3.62. The van der Waals surface area contributed by atoms with Crippen molar-refractivity contribution in [3.8, 4) is 5.75 Å². The van der Waals surface area contributed by atoms with Gasteiger partial charge in [-0.2, -0.15) is 13.2 Å². The number of carbonyl (C=O) groups is 1. The molecule has 1 amide bonds. The third kappa shape index (κ3) is 6.03. The van der Waals surface area contributed by atoms with Crippen LogP contribution in [0.2, 0.25) is 0 Å². The molecule has 2 aromatic carbocycles. The number of likely N-dealkylation sites (N-methyl/N-ethyl adjacent to an activating group) is 1. The first-order valence-electron chi connectivity index (χ1n) is 10.6. The molecular weight excluding hydrogens is 450 g/mol. The molecule has 34 heavy (non-hydrogen) atoms. The van der Waals surface area contributed by atoms with Gasteiger partial charge in [0.1, 0.15) is 11.7 Å². The summed E-state index contributed by atoms with van der Waals surface area (Å²) >= 11 is 0. The Bertz CT molecular complexity index is 1090. The number of nitrogens with one attached hydrogen (secondary N) is 1. The van der Waals surface area contributed by atoms with Crippen molar-refractivity contribution in [1.82, 2.24) is 10.3 Å². The molecule has 1 atom stereocenters. The highest BCUT2D eigenvalue weighted by atomic mass is 19.4. The standard InChI is InChI=1S/C25H25F4N3O2/c1-30-24(33)23(18-8-4-3-5-9-18)32(19-11-12-20(26)21(15-19)34-2)14-6-7-17-10-13-22(31-16-17)25(27,28)29/h3-5,8-13,15-16,23H,6-7,14H2,1-2H3,(H,30,33). The summed E-state index contributed by atoms with van der Waals surface area (Å²) in [4.78, 5) is 18.3. The molecule has 0 bridgehead atoms. The van der Waals surface area contributed by atoms with Gasteiger partial charge < -0.3 is 15.0 Å². The highest BCUT2D eigenvalue weighted by molar-refractivity contribution is 5.86. The van der Waals surface area contributed by atoms with Gasteiger partial charge in [0.2, 0.25) is 5.91 Å². The first kappa shape index (κ1) is 25.0. The molecule has 0 aliphatic carbocycles. The van der Waals surface area contributed by atoms with E-state index < -0.39 is 23.7 Å². The minimum absolute atomic E-state index is 0.0400. The van der Waals surface area contributed by atoms with Crippen LogP contribution >= 0.6 is 0 Å². The van der Waals surface area contributed by atoms with Gasteiger partial charge in [-0.3, -0.25) is 9.78 Å². The smallest absolute Gasteiger partial charge is 0.433 e. The number of aromatic nitrogens is 1. The van der Waals surface area contributed by atoms with Crippen LogP contribution in [0.5, 0.6) is 5.75 Å². The lowest BCUT2D eigenvalue weighted by Gasteiger charge is -2.33. The molecule has 0 aliphatic heterocycles. The number of anilines is 1. The van der Waals surface area contributed by atoms with E-state index in [-0.39, 0.29) is 11.7 Å². The van der Waals surface area contributed by atoms with Crippen molar-refractivity contribution in [3.63, 3.8) is 0 Å². The normalized spacial score (nSPS) is 12.2. The van der Waals surface area contributed by atoms with E-state index in [2.05, 4.69) is 10.3 Å². The number of benzene rings is 2. The van der Waals surface area contributed by atoms with Crippen molar-refractivity contribution in [2.75, 3.05) is 25.6 Å². The molecule has 9 heteroatoms. The molecule has 3 rings (SSSR count). The van der Waals surface area contributed by atoms with Gasteiger partial charge in [-0.1, -0.05) is 36.4 Å². The van der Waals surface area contributed by atoms with Crippen molar-refractivity contribution in [2.24, 2.45) is 0 Å². The largest absolute Gasteiger partial charge is 0.494 e. The van der Waals surface area contributed by atoms with Crippen LogP contribution in [0, 0.1) is 5.82 Å². The lowest BCUT2D eigenvalue weighted by atomic mass is 10.0. The monoisotopic (exact) mass is 475 g/mol. The third-order valence-electron chi connectivity index (χ3n) is 5.37. The second-order valence-electron chi connectivity index (χ2n) is 7.59. The minimum Gasteiger partial charge on any atom is -0.494 e. The number of ether oxygens (including phenoxy) is 1. The van der Waals surface area contributed by atoms with E-state index in [0.717, 1.165) is 11.6 Å². The fourth-order valence-electron chi connectivity index (χ4n) is 3.67. The van der Waals surface area contributed by atoms with Gasteiger partial charge in [0.25, 0.3) is 0 Å². The maximum atomic E-state index is 14.1. The number of pyridine rings is 1. The van der Waals surface area contributed by atoms with Crippen LogP contribution < -0.4 is 15.0 Å². The van der Waals surface area contributed by atoms with Crippen molar-refractivity contribution in [1.29, 1.82) is 0 Å². The molecule has 0 saturated carbocycles. The van der Waals surface area contributed by atoms with Crippen LogP contribution in [-0.4, -0.2) is 31.6 Å². The minimum atomic E-state index is -4.49. The third-order valence-corrected chi connectivity index (χ3v) is 5.37. The zero-order valence-electron chi connectivity index (χ0n) is 18.8. The molecule has 1 unspecified atom stereocenters. The summed E-state index contributed by atoms with van der Waals surface area (Å²) in [7, 11) is 2.90. The number of carbonyl (C=O) groups excluding carboxylic acids is 1. The number of nitrogens with zero attached hydrogens (tertiary/aromatic N) is 2. The number of rotatable bonds is 9. The summed E-state index contributed by atoms with van der Waals surface area (Å²) in [5, 5.41) is 2.68. The summed E-state index contributed by atoms with van der Waals surface area (Å²) in [6.45, 7) is 0.364. The lowest BCUT2D eigenvalue weighted by molar-refractivity contribution is -0.141. The van der Waals surface area contributed by atoms with E-state index in [9.17, 15) is 22.4 Å². The quantitative estimate of drug-likeness (QED) is 0.434. The van der Waals surface area contributed by atoms with Gasteiger partial charge >= 0.3 is 6.18 Å². The zero-order valence-corrected chi connectivity index (χ0v) is 18.8. The Labute approximate surface area is 195 Å². The van der Waals surface area contributed by atoms with Gasteiger partial charge in [0.05, 0.1) is 7.11 Å². The average molecular weight is 475 g/mol. The highest BCUT2D eigenvalue weighted by Gasteiger charge is 2.32. The molecule has 0 fully saturated rings. The fourth-order valence-corrected chi connectivity index (χ4v) is 3.67. The predicted molar refractivity (Wildman–Crippen MR) is 121 cm³/mol. The van der Waals surface area contributed by atoms with Crippen LogP contribution in [0.4, 0.5) is 23.2 Å². The Balaban J connectivity index is 1.89. The van der Waals surface area contributed by atoms with Gasteiger partial charge in [0.15, 0.2) is 11.6 Å². The van der Waals surface area contributed by atoms with Crippen LogP contribution in [0.25, 0.3) is 0 Å². The van der Waals surface area contributed by atoms with Crippen molar-refractivity contribution in [3.05, 3.63) is 89.5 Å². The second-order valence-corrected chi connectivity index (χ2v) is 7.59. The predicted octanol–water partition coefficient (Wildman–Crippen LogP) is 5.17. The number of halogens is 4. The SMILES string of the molecule is CNC(=O)C(c1ccccc1)N(CCCc1ccc(C(F)(F)F)nc1)c1ccc(F)c(OC)c1. The van der Waals surface area contributed by atoms with Gasteiger partial charge in [-0.25, -0.2) is 4.39 Å². The molecule has 0 aliphatic rings. The van der Waals surface area contributed by atoms with E-state index in [1.165, 1.54) is 38.6 Å². The van der Waals surface area contributed by atoms with Crippen LogP contribution in [-0.2, 0) is 17.4 Å². The van der Waals surface area contributed by atoms with Gasteiger partial charge in [-0.15, -0.1) is 0 Å². The second kappa shape index (κ2) is 11.0. The molecule has 180 valence electrons. The van der Waals surface area contributed by atoms with Crippen molar-refractivity contribution in [2.45, 2.75) is 25.1 Å². The van der Waals surface area contributed by atoms with Crippen LogP contribution in [0.15, 0.2) is 66.9 Å². The van der Waals surface area contributed by atoms with Crippen molar-refractivity contribution >= 4 is 11.6 Å². The number of methoxy groups -OCH3 is 1. The molecule has 1 N–H and O–H groups in total. The summed E-state index contributed by atoms with van der Waals surface area (Å²) < 4.78 is 57.5. The van der Waals surface area contributed by atoms with E-state index in [0.29, 0.717) is 30.6 Å². The topological polar surface area (TPSA) is 54.5 Å². The van der Waals surface area contributed by atoms with Gasteiger partial charge in [0, 0.05) is 31.5 Å². The Morgan fingerprint density at radius 1 is 1.12 bits per heavy atom. The summed E-state index contributed by atoms with van der Waals surface area (Å²) in [6, 6.07) is 15.1. The first-order chi connectivity index (χ1) is 16.2. The van der Waals surface area contributed by atoms with E-state index in [1.54, 1.807) is 6.07 Å². The molecule has 0 radical (unpaired) electrons. The van der Waals surface area contributed by atoms with E-state index >= 15 is 0 Å². The Morgan fingerprint density at radius 3 is 2.44 bits per heavy atom. The molecule has 1 heterocycles. The fraction of sp³-hybridized carbons (Fsp3) is 0.280. The Kier molecular flexibility index (Phi) is 8.09. The summed E-state index contributed by atoms with van der Waals surface area (Å²) in [5.41, 5.74) is 1.00. The maximum Gasteiger partial charge on any atom is 0.433 e. The van der Waals surface area contributed by atoms with Crippen LogP contribution in [0.3, 0.4) is 0 Å². The Morgan fingerprint density at radius 2 is 1.85 bits per heavy atom. The molecule has 1 aromatic heterocycles. The lowest BCUT2D eigenvalue weighted by Crippen LogP contribution is -2.40. The zero-order chi connectivity index (χ0) is 24.7. The molecule has 0 spiro atoms. The summed E-state index contributed by atoms with van der Waals surface area (Å²) in [6.07, 6.45) is -2.34. The molecule has 3 aromatic rings. The van der Waals surface area contributed by atoms with Crippen LogP contribution in [0.1, 0.15) is 29.3 Å². The molecular formula is C25H25F4N3O2.